The number of nitrogens with one attached hydrogen (secondary N) is 1. The molecule has 0 fully saturated rings. The number of hydrogen-bond acceptors (Lipinski definition) is 5. The molecule has 0 aromatic heterocycles. The number of benzene rings is 2. The summed E-state index contributed by atoms with van der Waals surface area (Å²) in [5, 5.41) is 2.66. The summed E-state index contributed by atoms with van der Waals surface area (Å²) in [5.41, 5.74) is 1.35. The lowest BCUT2D eigenvalue weighted by Gasteiger charge is -2.11. The van der Waals surface area contributed by atoms with Crippen LogP contribution in [-0.4, -0.2) is 39.1 Å². The molecule has 27 heavy (non-hydrogen) atoms. The summed E-state index contributed by atoms with van der Waals surface area (Å²) >= 11 is 0. The van der Waals surface area contributed by atoms with Crippen molar-refractivity contribution < 1.29 is 23.8 Å². The molecule has 0 saturated carbocycles. The Morgan fingerprint density at radius 2 is 1.74 bits per heavy atom. The third-order valence-electron chi connectivity index (χ3n) is 3.72. The fourth-order valence-corrected chi connectivity index (χ4v) is 2.32. The lowest BCUT2D eigenvalue weighted by Crippen LogP contribution is -2.28. The van der Waals surface area contributed by atoms with Gasteiger partial charge in [0.15, 0.2) is 23.9 Å². The first kappa shape index (κ1) is 20.0. The molecule has 142 valence electrons. The smallest absolute Gasteiger partial charge is 0.257 e. The molecule has 2 rings (SSSR count). The highest BCUT2D eigenvalue weighted by molar-refractivity contribution is 6.06. The minimum atomic E-state index is -0.200. The molecule has 1 N–H and O–H groups in total. The van der Waals surface area contributed by atoms with Crippen molar-refractivity contribution in [1.82, 2.24) is 5.32 Å². The number of ketones is 1. The number of carbonyl (C=O) groups excluding carboxylic acids is 2. The van der Waals surface area contributed by atoms with Crippen molar-refractivity contribution in [2.45, 2.75) is 6.92 Å². The van der Waals surface area contributed by atoms with Gasteiger partial charge < -0.3 is 19.5 Å². The van der Waals surface area contributed by atoms with E-state index in [2.05, 4.69) is 5.32 Å². The average molecular weight is 369 g/mol. The van der Waals surface area contributed by atoms with Gasteiger partial charge in [-0.25, -0.2) is 0 Å². The van der Waals surface area contributed by atoms with E-state index in [1.165, 1.54) is 13.2 Å². The van der Waals surface area contributed by atoms with Crippen LogP contribution in [0.3, 0.4) is 0 Å². The zero-order valence-corrected chi connectivity index (χ0v) is 15.7. The van der Waals surface area contributed by atoms with Crippen LogP contribution < -0.4 is 19.5 Å². The van der Waals surface area contributed by atoms with Crippen LogP contribution >= 0.6 is 0 Å². The quantitative estimate of drug-likeness (QED) is 0.543. The molecule has 0 aliphatic rings. The average Bonchev–Trinajstić information content (AvgIpc) is 2.71. The van der Waals surface area contributed by atoms with Crippen LogP contribution in [0.25, 0.3) is 6.08 Å². The number of carbonyl (C=O) groups is 2. The Labute approximate surface area is 158 Å². The molecule has 0 atom stereocenters. The van der Waals surface area contributed by atoms with Gasteiger partial charge in [-0.05, 0) is 55.0 Å². The molecule has 0 radical (unpaired) electrons. The van der Waals surface area contributed by atoms with Crippen LogP contribution in [0, 0.1) is 0 Å². The zero-order valence-electron chi connectivity index (χ0n) is 15.7. The first-order valence-electron chi connectivity index (χ1n) is 8.51. The Morgan fingerprint density at radius 1 is 1.00 bits per heavy atom. The number of ether oxygens (including phenoxy) is 3. The monoisotopic (exact) mass is 369 g/mol. The summed E-state index contributed by atoms with van der Waals surface area (Å²) in [6.45, 7) is 2.30. The molecule has 0 unspecified atom stereocenters. The van der Waals surface area contributed by atoms with Gasteiger partial charge in [-0.15, -0.1) is 0 Å². The number of methoxy groups -OCH3 is 2. The largest absolute Gasteiger partial charge is 0.497 e. The maximum atomic E-state index is 12.3. The number of hydrogen-bond donors (Lipinski definition) is 1. The van der Waals surface area contributed by atoms with E-state index in [1.807, 2.05) is 6.92 Å². The summed E-state index contributed by atoms with van der Waals surface area (Å²) in [6, 6.07) is 12.1. The second-order valence-electron chi connectivity index (χ2n) is 5.58. The van der Waals surface area contributed by atoms with E-state index >= 15 is 0 Å². The summed E-state index contributed by atoms with van der Waals surface area (Å²) in [7, 11) is 3.10. The van der Waals surface area contributed by atoms with Crippen LogP contribution in [0.4, 0.5) is 0 Å². The van der Waals surface area contributed by atoms with Gasteiger partial charge in [-0.3, -0.25) is 9.59 Å². The maximum Gasteiger partial charge on any atom is 0.257 e. The lowest BCUT2D eigenvalue weighted by molar-refractivity contribution is -0.123. The Morgan fingerprint density at radius 3 is 2.37 bits per heavy atom. The van der Waals surface area contributed by atoms with Crippen molar-refractivity contribution in [3.8, 4) is 17.2 Å². The van der Waals surface area contributed by atoms with E-state index in [0.29, 0.717) is 29.4 Å². The molecular formula is C21H23NO5. The normalized spacial score (nSPS) is 10.5. The molecular weight excluding hydrogens is 346 g/mol. The maximum absolute atomic E-state index is 12.3. The van der Waals surface area contributed by atoms with Gasteiger partial charge in [0, 0.05) is 12.1 Å². The third kappa shape index (κ3) is 5.88. The third-order valence-corrected chi connectivity index (χ3v) is 3.72. The summed E-state index contributed by atoms with van der Waals surface area (Å²) in [6.07, 6.45) is 3.19. The standard InChI is InChI=1S/C21H23NO5/c1-4-22-21(24)14-27-19-12-6-15(13-20(19)26-3)5-11-18(23)16-7-9-17(25-2)10-8-16/h5-13H,4,14H2,1-3H3,(H,22,24)/b11-5+. The number of amides is 1. The summed E-state index contributed by atoms with van der Waals surface area (Å²) in [5.74, 6) is 1.32. The van der Waals surface area contributed by atoms with Crippen molar-refractivity contribution >= 4 is 17.8 Å². The highest BCUT2D eigenvalue weighted by atomic mass is 16.5. The minimum Gasteiger partial charge on any atom is -0.497 e. The number of rotatable bonds is 9. The Hall–Kier alpha value is -3.28. The fraction of sp³-hybridized carbons (Fsp3) is 0.238. The second kappa shape index (κ2) is 10.0. The van der Waals surface area contributed by atoms with E-state index in [1.54, 1.807) is 55.7 Å². The summed E-state index contributed by atoms with van der Waals surface area (Å²) < 4.78 is 15.9. The molecule has 0 spiro atoms. The van der Waals surface area contributed by atoms with Crippen LogP contribution in [-0.2, 0) is 4.79 Å². The molecule has 2 aromatic carbocycles. The predicted molar refractivity (Wildman–Crippen MR) is 104 cm³/mol. The van der Waals surface area contributed by atoms with Gasteiger partial charge in [0.25, 0.3) is 5.91 Å². The van der Waals surface area contributed by atoms with Crippen molar-refractivity contribution in [2.24, 2.45) is 0 Å². The first-order chi connectivity index (χ1) is 13.1. The second-order valence-corrected chi connectivity index (χ2v) is 5.58. The molecule has 0 saturated heterocycles. The molecule has 0 aliphatic heterocycles. The fourth-order valence-electron chi connectivity index (χ4n) is 2.32. The van der Waals surface area contributed by atoms with Crippen LogP contribution in [0.1, 0.15) is 22.8 Å². The highest BCUT2D eigenvalue weighted by Gasteiger charge is 2.08. The van der Waals surface area contributed by atoms with Gasteiger partial charge >= 0.3 is 0 Å². The van der Waals surface area contributed by atoms with Crippen molar-refractivity contribution in [3.05, 3.63) is 59.7 Å². The van der Waals surface area contributed by atoms with Gasteiger partial charge in [-0.2, -0.15) is 0 Å². The number of likely N-dealkylation sites (N-methyl/N-ethyl adjacent to an activating group) is 1. The number of allylic oxidation sites excluding steroid dienone is 1. The lowest BCUT2D eigenvalue weighted by atomic mass is 10.1. The zero-order chi connectivity index (χ0) is 19.6. The first-order valence-corrected chi connectivity index (χ1v) is 8.51. The van der Waals surface area contributed by atoms with Gasteiger partial charge in [0.1, 0.15) is 5.75 Å². The minimum absolute atomic E-state index is 0.0880. The van der Waals surface area contributed by atoms with Crippen LogP contribution in [0.15, 0.2) is 48.5 Å². The Bertz CT molecular complexity index is 812. The molecule has 1 amide bonds. The van der Waals surface area contributed by atoms with Crippen LogP contribution in [0.2, 0.25) is 0 Å². The van der Waals surface area contributed by atoms with Crippen molar-refractivity contribution in [2.75, 3.05) is 27.4 Å². The van der Waals surface area contributed by atoms with Gasteiger partial charge in [-0.1, -0.05) is 12.1 Å². The van der Waals surface area contributed by atoms with Crippen molar-refractivity contribution in [1.29, 1.82) is 0 Å². The highest BCUT2D eigenvalue weighted by Crippen LogP contribution is 2.28. The Kier molecular flexibility index (Phi) is 7.43. The molecule has 6 nitrogen and oxygen atoms in total. The van der Waals surface area contributed by atoms with E-state index in [0.717, 1.165) is 5.56 Å². The SMILES string of the molecule is CCNC(=O)COc1ccc(/C=C/C(=O)c2ccc(OC)cc2)cc1OC. The molecule has 0 heterocycles. The molecule has 0 bridgehead atoms. The van der Waals surface area contributed by atoms with Gasteiger partial charge in [0.05, 0.1) is 14.2 Å². The summed E-state index contributed by atoms with van der Waals surface area (Å²) in [4.78, 5) is 23.8. The molecule has 0 aliphatic carbocycles. The van der Waals surface area contributed by atoms with Gasteiger partial charge in [0.2, 0.25) is 0 Å². The topological polar surface area (TPSA) is 73.9 Å². The van der Waals surface area contributed by atoms with Crippen molar-refractivity contribution in [3.63, 3.8) is 0 Å². The van der Waals surface area contributed by atoms with E-state index < -0.39 is 0 Å². The Balaban J connectivity index is 2.06. The molecule has 2 aromatic rings. The van der Waals surface area contributed by atoms with E-state index in [9.17, 15) is 9.59 Å². The molecule has 6 heteroatoms. The predicted octanol–water partition coefficient (Wildman–Crippen LogP) is 3.11. The van der Waals surface area contributed by atoms with E-state index in [4.69, 9.17) is 14.2 Å². The van der Waals surface area contributed by atoms with Crippen LogP contribution in [0.5, 0.6) is 17.2 Å². The van der Waals surface area contributed by atoms with E-state index in [-0.39, 0.29) is 18.3 Å².